The van der Waals surface area contributed by atoms with Gasteiger partial charge in [-0.25, -0.2) is 5.43 Å². The molecule has 0 bridgehead atoms. The number of nitrogens with one attached hydrogen (secondary N) is 1. The molecule has 0 fully saturated rings. The number of benzene rings is 3. The first-order valence-corrected chi connectivity index (χ1v) is 9.07. The van der Waals surface area contributed by atoms with E-state index in [4.69, 9.17) is 9.47 Å². The number of hydrogen-bond donors (Lipinski definition) is 1. The SMILES string of the molecule is CCOc1ccc(C(=O)N/N=C\c2cccc(OCc3ccccc3)c2)cc1. The van der Waals surface area contributed by atoms with E-state index in [-0.39, 0.29) is 5.91 Å². The van der Waals surface area contributed by atoms with Gasteiger partial charge in [0, 0.05) is 5.56 Å². The molecule has 0 unspecified atom stereocenters. The van der Waals surface area contributed by atoms with Gasteiger partial charge in [0.25, 0.3) is 5.91 Å². The second-order valence-electron chi connectivity index (χ2n) is 6.00. The van der Waals surface area contributed by atoms with Crippen LogP contribution in [0.25, 0.3) is 0 Å². The van der Waals surface area contributed by atoms with Crippen LogP contribution < -0.4 is 14.9 Å². The fourth-order valence-corrected chi connectivity index (χ4v) is 2.52. The van der Waals surface area contributed by atoms with E-state index < -0.39 is 0 Å². The number of ether oxygens (including phenoxy) is 2. The quantitative estimate of drug-likeness (QED) is 0.469. The molecule has 28 heavy (non-hydrogen) atoms. The van der Waals surface area contributed by atoms with Gasteiger partial charge in [0.2, 0.25) is 0 Å². The monoisotopic (exact) mass is 374 g/mol. The molecule has 0 atom stereocenters. The number of carbonyl (C=O) groups excluding carboxylic acids is 1. The van der Waals surface area contributed by atoms with Crippen molar-refractivity contribution in [3.05, 3.63) is 95.6 Å². The van der Waals surface area contributed by atoms with Crippen LogP contribution in [0, 0.1) is 0 Å². The Morgan fingerprint density at radius 1 is 0.929 bits per heavy atom. The largest absolute Gasteiger partial charge is 0.494 e. The van der Waals surface area contributed by atoms with Gasteiger partial charge in [0.1, 0.15) is 18.1 Å². The molecule has 0 aliphatic carbocycles. The topological polar surface area (TPSA) is 59.9 Å². The molecule has 0 saturated heterocycles. The summed E-state index contributed by atoms with van der Waals surface area (Å²) in [5, 5.41) is 4.02. The Balaban J connectivity index is 1.54. The highest BCUT2D eigenvalue weighted by Crippen LogP contribution is 2.14. The van der Waals surface area contributed by atoms with Crippen molar-refractivity contribution in [2.75, 3.05) is 6.61 Å². The normalized spacial score (nSPS) is 10.6. The van der Waals surface area contributed by atoms with Crippen molar-refractivity contribution in [1.29, 1.82) is 0 Å². The molecule has 0 aromatic heterocycles. The Morgan fingerprint density at radius 3 is 2.46 bits per heavy atom. The highest BCUT2D eigenvalue weighted by atomic mass is 16.5. The Labute approximate surface area is 164 Å². The Hall–Kier alpha value is -3.60. The lowest BCUT2D eigenvalue weighted by Gasteiger charge is -2.07. The van der Waals surface area contributed by atoms with Gasteiger partial charge < -0.3 is 9.47 Å². The zero-order valence-electron chi connectivity index (χ0n) is 15.7. The van der Waals surface area contributed by atoms with E-state index in [0.29, 0.717) is 18.8 Å². The predicted molar refractivity (Wildman–Crippen MR) is 110 cm³/mol. The lowest BCUT2D eigenvalue weighted by atomic mass is 10.2. The standard InChI is InChI=1S/C23H22N2O3/c1-2-27-21-13-11-20(12-14-21)23(26)25-24-16-19-9-6-10-22(15-19)28-17-18-7-4-3-5-8-18/h3-16H,2,17H2,1H3,(H,25,26)/b24-16-. The third-order valence-electron chi connectivity index (χ3n) is 3.91. The smallest absolute Gasteiger partial charge is 0.271 e. The fourth-order valence-electron chi connectivity index (χ4n) is 2.52. The van der Waals surface area contributed by atoms with Crippen molar-refractivity contribution in [3.8, 4) is 11.5 Å². The van der Waals surface area contributed by atoms with Crippen LogP contribution in [0.4, 0.5) is 0 Å². The van der Waals surface area contributed by atoms with Gasteiger partial charge in [-0.2, -0.15) is 5.10 Å². The van der Waals surface area contributed by atoms with E-state index in [1.54, 1.807) is 30.5 Å². The van der Waals surface area contributed by atoms with Crippen molar-refractivity contribution in [1.82, 2.24) is 5.43 Å². The molecule has 5 nitrogen and oxygen atoms in total. The Morgan fingerprint density at radius 2 is 1.71 bits per heavy atom. The summed E-state index contributed by atoms with van der Waals surface area (Å²) in [5.41, 5.74) is 4.97. The van der Waals surface area contributed by atoms with Gasteiger partial charge in [0.05, 0.1) is 12.8 Å². The summed E-state index contributed by atoms with van der Waals surface area (Å²) in [6.07, 6.45) is 1.59. The molecule has 0 aliphatic rings. The summed E-state index contributed by atoms with van der Waals surface area (Å²) in [6.45, 7) is 3.00. The molecule has 0 saturated carbocycles. The van der Waals surface area contributed by atoms with Gasteiger partial charge in [-0.05, 0) is 54.4 Å². The van der Waals surface area contributed by atoms with E-state index in [1.807, 2.05) is 61.5 Å². The molecule has 0 heterocycles. The molecule has 1 amide bonds. The van der Waals surface area contributed by atoms with E-state index in [0.717, 1.165) is 22.6 Å². The van der Waals surface area contributed by atoms with E-state index in [9.17, 15) is 4.79 Å². The Kier molecular flexibility index (Phi) is 6.79. The van der Waals surface area contributed by atoms with Crippen LogP contribution in [0.5, 0.6) is 11.5 Å². The summed E-state index contributed by atoms with van der Waals surface area (Å²) in [5.74, 6) is 1.19. The molecule has 3 aromatic rings. The predicted octanol–water partition coefficient (Wildman–Crippen LogP) is 4.43. The summed E-state index contributed by atoms with van der Waals surface area (Å²) < 4.78 is 11.2. The van der Waals surface area contributed by atoms with Gasteiger partial charge in [-0.3, -0.25) is 4.79 Å². The average Bonchev–Trinajstić information content (AvgIpc) is 2.74. The van der Waals surface area contributed by atoms with Crippen molar-refractivity contribution in [3.63, 3.8) is 0 Å². The third-order valence-corrected chi connectivity index (χ3v) is 3.91. The van der Waals surface area contributed by atoms with Crippen LogP contribution in [0.15, 0.2) is 84.0 Å². The highest BCUT2D eigenvalue weighted by molar-refractivity contribution is 5.95. The highest BCUT2D eigenvalue weighted by Gasteiger charge is 2.04. The first-order chi connectivity index (χ1) is 13.7. The Bertz CT molecular complexity index is 922. The molecule has 0 spiro atoms. The van der Waals surface area contributed by atoms with Crippen molar-refractivity contribution < 1.29 is 14.3 Å². The molecule has 3 aromatic carbocycles. The number of carbonyl (C=O) groups is 1. The lowest BCUT2D eigenvalue weighted by molar-refractivity contribution is 0.0955. The molecule has 3 rings (SSSR count). The second kappa shape index (κ2) is 9.92. The minimum absolute atomic E-state index is 0.282. The molecule has 0 aliphatic heterocycles. The van der Waals surface area contributed by atoms with Crippen LogP contribution in [-0.4, -0.2) is 18.7 Å². The van der Waals surface area contributed by atoms with Crippen LogP contribution in [0.1, 0.15) is 28.4 Å². The first-order valence-electron chi connectivity index (χ1n) is 9.07. The van der Waals surface area contributed by atoms with Gasteiger partial charge >= 0.3 is 0 Å². The summed E-state index contributed by atoms with van der Waals surface area (Å²) in [6, 6.07) is 24.4. The minimum Gasteiger partial charge on any atom is -0.494 e. The number of amides is 1. The maximum Gasteiger partial charge on any atom is 0.271 e. The summed E-state index contributed by atoms with van der Waals surface area (Å²) in [7, 11) is 0. The number of nitrogens with zero attached hydrogens (tertiary/aromatic N) is 1. The van der Waals surface area contributed by atoms with Crippen molar-refractivity contribution >= 4 is 12.1 Å². The number of hydrogen-bond acceptors (Lipinski definition) is 4. The molecule has 0 radical (unpaired) electrons. The molecule has 1 N–H and O–H groups in total. The molecular formula is C23H22N2O3. The molecule has 5 heteroatoms. The van der Waals surface area contributed by atoms with Gasteiger partial charge in [-0.1, -0.05) is 42.5 Å². The molecular weight excluding hydrogens is 352 g/mol. The van der Waals surface area contributed by atoms with Crippen LogP contribution in [-0.2, 0) is 6.61 Å². The number of hydrazone groups is 1. The maximum absolute atomic E-state index is 12.1. The van der Waals surface area contributed by atoms with Gasteiger partial charge in [0.15, 0.2) is 0 Å². The van der Waals surface area contributed by atoms with Crippen LogP contribution in [0.2, 0.25) is 0 Å². The number of rotatable bonds is 8. The van der Waals surface area contributed by atoms with Crippen LogP contribution in [0.3, 0.4) is 0 Å². The van der Waals surface area contributed by atoms with E-state index in [2.05, 4.69) is 10.5 Å². The summed E-state index contributed by atoms with van der Waals surface area (Å²) >= 11 is 0. The fraction of sp³-hybridized carbons (Fsp3) is 0.130. The van der Waals surface area contributed by atoms with Crippen LogP contribution >= 0.6 is 0 Å². The van der Waals surface area contributed by atoms with Crippen molar-refractivity contribution in [2.24, 2.45) is 5.10 Å². The second-order valence-corrected chi connectivity index (χ2v) is 6.00. The third kappa shape index (κ3) is 5.71. The van der Waals surface area contributed by atoms with E-state index in [1.165, 1.54) is 0 Å². The molecule has 142 valence electrons. The minimum atomic E-state index is -0.282. The zero-order chi connectivity index (χ0) is 19.6. The average molecular weight is 374 g/mol. The first kappa shape index (κ1) is 19.2. The maximum atomic E-state index is 12.1. The van der Waals surface area contributed by atoms with Gasteiger partial charge in [-0.15, -0.1) is 0 Å². The lowest BCUT2D eigenvalue weighted by Crippen LogP contribution is -2.17. The van der Waals surface area contributed by atoms with E-state index >= 15 is 0 Å². The van der Waals surface area contributed by atoms with Crippen molar-refractivity contribution in [2.45, 2.75) is 13.5 Å². The summed E-state index contributed by atoms with van der Waals surface area (Å²) in [4.78, 5) is 12.1. The zero-order valence-corrected chi connectivity index (χ0v) is 15.7.